The Hall–Kier alpha value is -2.87. The largest absolute Gasteiger partial charge is 0.354 e. The summed E-state index contributed by atoms with van der Waals surface area (Å²) >= 11 is 1.08. The van der Waals surface area contributed by atoms with Crippen molar-refractivity contribution in [1.29, 1.82) is 0 Å². The standard InChI is InChI=1S/C23H26N4O6S3/c1-35(30,31)20(21(28)25-10-13-36(24,32)33)22-26-18-9-8-17(14-19(18)34-22)15-4-6-16(7-5-15)23(29)27-11-2-3-12-27/h4-9,14,20H,2-3,10-13H2,1H3,(H,25,28)(H2,24,32,33). The lowest BCUT2D eigenvalue weighted by Gasteiger charge is -2.15. The molecule has 0 aliphatic carbocycles. The molecule has 3 aromatic rings. The quantitative estimate of drug-likeness (QED) is 0.432. The number of hydrogen-bond acceptors (Lipinski definition) is 8. The number of hydrogen-bond donors (Lipinski definition) is 2. The van der Waals surface area contributed by atoms with Gasteiger partial charge in [-0.1, -0.05) is 18.2 Å². The van der Waals surface area contributed by atoms with Crippen molar-refractivity contribution in [3.05, 3.63) is 53.0 Å². The molecule has 2 aromatic carbocycles. The van der Waals surface area contributed by atoms with Gasteiger partial charge in [-0.15, -0.1) is 11.3 Å². The zero-order valence-electron chi connectivity index (χ0n) is 19.5. The van der Waals surface area contributed by atoms with Gasteiger partial charge in [0.25, 0.3) is 5.91 Å². The van der Waals surface area contributed by atoms with E-state index in [1.165, 1.54) is 0 Å². The molecule has 1 atom stereocenters. The van der Waals surface area contributed by atoms with E-state index in [0.29, 0.717) is 15.8 Å². The summed E-state index contributed by atoms with van der Waals surface area (Å²) < 4.78 is 47.7. The number of carbonyl (C=O) groups excluding carboxylic acids is 2. The van der Waals surface area contributed by atoms with Crippen LogP contribution in [-0.2, 0) is 24.7 Å². The van der Waals surface area contributed by atoms with Gasteiger partial charge in [0.2, 0.25) is 15.9 Å². The summed E-state index contributed by atoms with van der Waals surface area (Å²) in [5.41, 5.74) is 2.90. The van der Waals surface area contributed by atoms with E-state index in [0.717, 1.165) is 54.7 Å². The SMILES string of the molecule is CS(=O)(=O)C(C(=O)NCCS(N)(=O)=O)c1nc2ccc(-c3ccc(C(=O)N4CCCC4)cc3)cc2s1. The maximum absolute atomic E-state index is 12.6. The Bertz CT molecular complexity index is 1510. The lowest BCUT2D eigenvalue weighted by Crippen LogP contribution is -2.37. The van der Waals surface area contributed by atoms with Crippen LogP contribution in [-0.4, -0.2) is 70.2 Å². The van der Waals surface area contributed by atoms with E-state index in [4.69, 9.17) is 5.14 Å². The van der Waals surface area contributed by atoms with Crippen molar-refractivity contribution >= 4 is 53.2 Å². The molecule has 36 heavy (non-hydrogen) atoms. The van der Waals surface area contributed by atoms with Crippen molar-refractivity contribution in [3.63, 3.8) is 0 Å². The zero-order chi connectivity index (χ0) is 26.1. The molecule has 4 rings (SSSR count). The summed E-state index contributed by atoms with van der Waals surface area (Å²) in [4.78, 5) is 31.4. The molecule has 0 bridgehead atoms. The van der Waals surface area contributed by atoms with Crippen LogP contribution in [0.25, 0.3) is 21.3 Å². The first-order valence-corrected chi connectivity index (χ1v) is 15.7. The highest BCUT2D eigenvalue weighted by Crippen LogP contribution is 2.33. The Balaban J connectivity index is 1.57. The molecule has 1 aromatic heterocycles. The third kappa shape index (κ3) is 6.09. The van der Waals surface area contributed by atoms with Crippen LogP contribution < -0.4 is 10.5 Å². The highest BCUT2D eigenvalue weighted by molar-refractivity contribution is 7.91. The minimum Gasteiger partial charge on any atom is -0.354 e. The van der Waals surface area contributed by atoms with Gasteiger partial charge >= 0.3 is 0 Å². The molecule has 1 saturated heterocycles. The van der Waals surface area contributed by atoms with Crippen LogP contribution in [0.3, 0.4) is 0 Å². The van der Waals surface area contributed by atoms with Gasteiger partial charge in [0.05, 0.1) is 16.0 Å². The number of amides is 2. The Labute approximate surface area is 213 Å². The van der Waals surface area contributed by atoms with Crippen LogP contribution in [0.5, 0.6) is 0 Å². The number of thiazole rings is 1. The fraction of sp³-hybridized carbons (Fsp3) is 0.348. The van der Waals surface area contributed by atoms with E-state index in [2.05, 4.69) is 10.3 Å². The third-order valence-corrected chi connectivity index (χ3v) is 9.14. The van der Waals surface area contributed by atoms with Crippen LogP contribution in [0.15, 0.2) is 42.5 Å². The number of nitrogens with zero attached hydrogens (tertiary/aromatic N) is 2. The van der Waals surface area contributed by atoms with Crippen LogP contribution in [0.4, 0.5) is 0 Å². The summed E-state index contributed by atoms with van der Waals surface area (Å²) in [6, 6.07) is 12.8. The normalized spacial score (nSPS) is 15.2. The van der Waals surface area contributed by atoms with E-state index in [-0.39, 0.29) is 17.5 Å². The predicted octanol–water partition coefficient (Wildman–Crippen LogP) is 1.69. The second-order valence-corrected chi connectivity index (χ2v) is 13.6. The average Bonchev–Trinajstić information content (AvgIpc) is 3.46. The molecule has 0 radical (unpaired) electrons. The fourth-order valence-electron chi connectivity index (χ4n) is 4.04. The maximum atomic E-state index is 12.6. The number of sulfonamides is 1. The lowest BCUT2D eigenvalue weighted by atomic mass is 10.0. The van der Waals surface area contributed by atoms with E-state index >= 15 is 0 Å². The van der Waals surface area contributed by atoms with Gasteiger partial charge in [0.1, 0.15) is 5.01 Å². The van der Waals surface area contributed by atoms with Crippen molar-refractivity contribution in [2.24, 2.45) is 5.14 Å². The molecule has 10 nitrogen and oxygen atoms in total. The number of primary sulfonamides is 1. The molecule has 1 aliphatic rings. The highest BCUT2D eigenvalue weighted by atomic mass is 32.2. The number of nitrogens with two attached hydrogens (primary N) is 1. The Kier molecular flexibility index (Phi) is 7.46. The van der Waals surface area contributed by atoms with Gasteiger partial charge < -0.3 is 10.2 Å². The molecule has 13 heteroatoms. The van der Waals surface area contributed by atoms with Crippen molar-refractivity contribution in [3.8, 4) is 11.1 Å². The molecule has 1 unspecified atom stereocenters. The summed E-state index contributed by atoms with van der Waals surface area (Å²) in [5.74, 6) is -1.35. The molecule has 0 spiro atoms. The third-order valence-electron chi connectivity index (χ3n) is 5.84. The second-order valence-electron chi connectivity index (χ2n) is 8.68. The molecular weight excluding hydrogens is 524 g/mol. The van der Waals surface area contributed by atoms with Gasteiger partial charge in [-0.25, -0.2) is 27.0 Å². The first-order valence-electron chi connectivity index (χ1n) is 11.2. The van der Waals surface area contributed by atoms with Gasteiger partial charge in [-0.2, -0.15) is 0 Å². The average molecular weight is 551 g/mol. The van der Waals surface area contributed by atoms with E-state index in [9.17, 15) is 26.4 Å². The molecule has 192 valence electrons. The minimum absolute atomic E-state index is 0.0238. The minimum atomic E-state index is -3.89. The molecule has 0 saturated carbocycles. The van der Waals surface area contributed by atoms with E-state index in [1.54, 1.807) is 18.2 Å². The summed E-state index contributed by atoms with van der Waals surface area (Å²) in [6.45, 7) is 1.25. The Morgan fingerprint density at radius 2 is 1.69 bits per heavy atom. The monoisotopic (exact) mass is 550 g/mol. The summed E-state index contributed by atoms with van der Waals surface area (Å²) in [5, 5.41) is 5.76. The first-order chi connectivity index (χ1) is 16.9. The Morgan fingerprint density at radius 1 is 1.06 bits per heavy atom. The van der Waals surface area contributed by atoms with E-state index < -0.39 is 36.8 Å². The number of fused-ring (bicyclic) bond motifs is 1. The number of benzene rings is 2. The number of rotatable bonds is 8. The van der Waals surface area contributed by atoms with Crippen molar-refractivity contribution in [1.82, 2.24) is 15.2 Å². The van der Waals surface area contributed by atoms with Crippen LogP contribution >= 0.6 is 11.3 Å². The lowest BCUT2D eigenvalue weighted by molar-refractivity contribution is -0.120. The maximum Gasteiger partial charge on any atom is 0.253 e. The van der Waals surface area contributed by atoms with Gasteiger partial charge in [-0.05, 0) is 48.2 Å². The van der Waals surface area contributed by atoms with Gasteiger partial charge in [0, 0.05) is 31.5 Å². The van der Waals surface area contributed by atoms with Crippen LogP contribution in [0.1, 0.15) is 33.5 Å². The van der Waals surface area contributed by atoms with Crippen LogP contribution in [0.2, 0.25) is 0 Å². The molecule has 1 fully saturated rings. The molecule has 1 aliphatic heterocycles. The summed E-state index contributed by atoms with van der Waals surface area (Å²) in [7, 11) is -7.70. The smallest absolute Gasteiger partial charge is 0.253 e. The number of carbonyl (C=O) groups is 2. The molecule has 2 amide bonds. The zero-order valence-corrected chi connectivity index (χ0v) is 22.0. The van der Waals surface area contributed by atoms with Gasteiger partial charge in [-0.3, -0.25) is 9.59 Å². The molecule has 3 N–H and O–H groups in total. The summed E-state index contributed by atoms with van der Waals surface area (Å²) in [6.07, 6.45) is 2.98. The highest BCUT2D eigenvalue weighted by Gasteiger charge is 2.34. The molecular formula is C23H26N4O6S3. The number of sulfone groups is 1. The van der Waals surface area contributed by atoms with Gasteiger partial charge in [0.15, 0.2) is 15.1 Å². The predicted molar refractivity (Wildman–Crippen MR) is 139 cm³/mol. The van der Waals surface area contributed by atoms with Crippen molar-refractivity contribution in [2.45, 2.75) is 18.1 Å². The van der Waals surface area contributed by atoms with Crippen molar-refractivity contribution in [2.75, 3.05) is 31.6 Å². The number of likely N-dealkylation sites (tertiary alicyclic amines) is 1. The molecule has 2 heterocycles. The Morgan fingerprint density at radius 3 is 2.31 bits per heavy atom. The van der Waals surface area contributed by atoms with Crippen molar-refractivity contribution < 1.29 is 26.4 Å². The topological polar surface area (TPSA) is 157 Å². The number of nitrogens with one attached hydrogen (secondary N) is 1. The van der Waals surface area contributed by atoms with E-state index in [1.807, 2.05) is 29.2 Å². The fourth-order valence-corrected chi connectivity index (χ4v) is 6.98. The second kappa shape index (κ2) is 10.2. The first kappa shape index (κ1) is 26.2. The van der Waals surface area contributed by atoms with Crippen LogP contribution in [0, 0.1) is 0 Å². The number of aromatic nitrogens is 1.